The van der Waals surface area contributed by atoms with Crippen LogP contribution in [0.2, 0.25) is 0 Å². The Morgan fingerprint density at radius 3 is 2.12 bits per heavy atom. The van der Waals surface area contributed by atoms with E-state index >= 15 is 0 Å². The predicted octanol–water partition coefficient (Wildman–Crippen LogP) is 6.40. The molecule has 82 valence electrons. The first-order valence-corrected chi connectivity index (χ1v) is 7.66. The Morgan fingerprint density at radius 1 is 0.688 bits per heavy atom. The van der Waals surface area contributed by atoms with Crippen LogP contribution in [0.4, 0.5) is 0 Å². The van der Waals surface area contributed by atoms with Gasteiger partial charge in [0.1, 0.15) is 0 Å². The van der Waals surface area contributed by atoms with Crippen molar-refractivity contribution in [2.45, 2.75) is 0 Å². The van der Waals surface area contributed by atoms with Gasteiger partial charge in [0.2, 0.25) is 0 Å². The topological polar surface area (TPSA) is 0 Å². The fraction of sp³-hybridized carbons (Fsp3) is 0. The first kappa shape index (κ1) is 12.8. The van der Waals surface area contributed by atoms with E-state index in [1.807, 2.05) is 24.3 Å². The highest BCUT2D eigenvalue weighted by Gasteiger charge is 2.09. The molecular weight excluding hydrogens is 464 g/mol. The van der Waals surface area contributed by atoms with Crippen molar-refractivity contribution in [3.63, 3.8) is 0 Å². The smallest absolute Gasteiger partial charge is 0.0396 e. The van der Waals surface area contributed by atoms with Crippen LogP contribution < -0.4 is 0 Å². The van der Waals surface area contributed by atoms with Crippen LogP contribution in [0.1, 0.15) is 0 Å². The minimum Gasteiger partial charge on any atom is -0.0604 e. The second kappa shape index (κ2) is 5.34. The first-order valence-electron chi connectivity index (χ1n) is 4.49. The Labute approximate surface area is 128 Å². The summed E-state index contributed by atoms with van der Waals surface area (Å²) in [7, 11) is 0. The summed E-state index contributed by atoms with van der Waals surface area (Å²) in [5, 5.41) is 0. The Hall–Kier alpha value is 0.360. The molecule has 0 bridgehead atoms. The van der Waals surface area contributed by atoms with Crippen LogP contribution in [-0.2, 0) is 0 Å². The summed E-state index contributed by atoms with van der Waals surface area (Å²) in [6, 6.07) is 12.3. The van der Waals surface area contributed by atoms with Gasteiger partial charge in [0.25, 0.3) is 0 Å². The minimum atomic E-state index is 1.06. The maximum Gasteiger partial charge on any atom is 0.0396 e. The van der Waals surface area contributed by atoms with Gasteiger partial charge in [-0.3, -0.25) is 0 Å². The van der Waals surface area contributed by atoms with Crippen molar-refractivity contribution in [3.8, 4) is 11.1 Å². The van der Waals surface area contributed by atoms with Crippen molar-refractivity contribution in [3.05, 3.63) is 54.3 Å². The summed E-state index contributed by atoms with van der Waals surface area (Å²) in [5.41, 5.74) is 2.32. The van der Waals surface area contributed by atoms with Crippen LogP contribution >= 0.6 is 63.7 Å². The van der Waals surface area contributed by atoms with Crippen LogP contribution in [0.3, 0.4) is 0 Å². The molecule has 0 nitrogen and oxygen atoms in total. The number of hydrogen-bond donors (Lipinski definition) is 0. The molecule has 2 aromatic rings. The predicted molar refractivity (Wildman–Crippen MR) is 82.7 cm³/mol. The van der Waals surface area contributed by atoms with Crippen LogP contribution in [0.15, 0.2) is 54.3 Å². The molecule has 0 aliphatic rings. The van der Waals surface area contributed by atoms with Gasteiger partial charge in [-0.2, -0.15) is 0 Å². The zero-order valence-electron chi connectivity index (χ0n) is 7.98. The number of hydrogen-bond acceptors (Lipinski definition) is 0. The molecule has 0 heterocycles. The molecule has 0 saturated carbocycles. The van der Waals surface area contributed by atoms with Gasteiger partial charge < -0.3 is 0 Å². The van der Waals surface area contributed by atoms with E-state index in [1.54, 1.807) is 0 Å². The molecule has 0 aliphatic carbocycles. The van der Waals surface area contributed by atoms with E-state index in [-0.39, 0.29) is 0 Å². The summed E-state index contributed by atoms with van der Waals surface area (Å²) in [4.78, 5) is 0. The van der Waals surface area contributed by atoms with E-state index in [9.17, 15) is 0 Å². The highest BCUT2D eigenvalue weighted by Crippen LogP contribution is 2.38. The molecule has 2 rings (SSSR count). The molecule has 0 N–H and O–H groups in total. The van der Waals surface area contributed by atoms with E-state index in [4.69, 9.17) is 0 Å². The number of halogens is 4. The molecule has 0 fully saturated rings. The highest BCUT2D eigenvalue weighted by molar-refractivity contribution is 9.13. The second-order valence-corrected chi connectivity index (χ2v) is 6.64. The lowest BCUT2D eigenvalue weighted by Crippen LogP contribution is -1.83. The summed E-state index contributed by atoms with van der Waals surface area (Å²) < 4.78 is 4.26. The van der Waals surface area contributed by atoms with E-state index in [1.165, 1.54) is 0 Å². The van der Waals surface area contributed by atoms with Gasteiger partial charge in [0.05, 0.1) is 0 Å². The van der Waals surface area contributed by atoms with Crippen molar-refractivity contribution in [1.29, 1.82) is 0 Å². The maximum absolute atomic E-state index is 3.59. The molecule has 16 heavy (non-hydrogen) atoms. The van der Waals surface area contributed by atoms with Crippen molar-refractivity contribution in [2.75, 3.05) is 0 Å². The van der Waals surface area contributed by atoms with E-state index < -0.39 is 0 Å². The monoisotopic (exact) mass is 466 g/mol. The third-order valence-electron chi connectivity index (χ3n) is 2.17. The summed E-state index contributed by atoms with van der Waals surface area (Å²) >= 11 is 14.1. The molecule has 0 amide bonds. The Balaban J connectivity index is 2.63. The molecule has 4 heteroatoms. The second-order valence-electron chi connectivity index (χ2n) is 3.23. The molecule has 0 spiro atoms. The van der Waals surface area contributed by atoms with E-state index in [0.717, 1.165) is 29.0 Å². The molecule has 0 unspecified atom stereocenters. The Morgan fingerprint density at radius 2 is 1.44 bits per heavy atom. The maximum atomic E-state index is 3.59. The van der Waals surface area contributed by atoms with Gasteiger partial charge in [-0.05, 0) is 61.2 Å². The fourth-order valence-electron chi connectivity index (χ4n) is 1.42. The van der Waals surface area contributed by atoms with Crippen molar-refractivity contribution in [1.82, 2.24) is 0 Å². The van der Waals surface area contributed by atoms with Crippen molar-refractivity contribution in [2.24, 2.45) is 0 Å². The van der Waals surface area contributed by atoms with Gasteiger partial charge in [0.15, 0.2) is 0 Å². The lowest BCUT2D eigenvalue weighted by molar-refractivity contribution is 1.51. The largest absolute Gasteiger partial charge is 0.0604 e. The molecule has 2 aromatic carbocycles. The van der Waals surface area contributed by atoms with Gasteiger partial charge in [-0.1, -0.05) is 50.1 Å². The quantitative estimate of drug-likeness (QED) is 0.453. The molecule has 0 atom stereocenters. The molecule has 0 saturated heterocycles. The summed E-state index contributed by atoms with van der Waals surface area (Å²) in [6.45, 7) is 0. The van der Waals surface area contributed by atoms with E-state index in [2.05, 4.69) is 75.9 Å². The third-order valence-corrected chi connectivity index (χ3v) is 5.37. The Kier molecular flexibility index (Phi) is 4.27. The number of rotatable bonds is 1. The zero-order valence-corrected chi connectivity index (χ0v) is 14.3. The summed E-state index contributed by atoms with van der Waals surface area (Å²) in [5.74, 6) is 0. The molecule has 0 aliphatic heterocycles. The van der Waals surface area contributed by atoms with E-state index in [0.29, 0.717) is 0 Å². The van der Waals surface area contributed by atoms with Gasteiger partial charge in [-0.25, -0.2) is 0 Å². The van der Waals surface area contributed by atoms with Crippen LogP contribution in [0.25, 0.3) is 11.1 Å². The van der Waals surface area contributed by atoms with Gasteiger partial charge in [-0.15, -0.1) is 0 Å². The highest BCUT2D eigenvalue weighted by atomic mass is 79.9. The van der Waals surface area contributed by atoms with Crippen molar-refractivity contribution < 1.29 is 0 Å². The average molecular weight is 470 g/mol. The first-order chi connectivity index (χ1) is 7.59. The average Bonchev–Trinajstić information content (AvgIpc) is 2.23. The SMILES string of the molecule is Brc1ccc(-c2cccc(Br)c2Br)c(Br)c1. The molecule has 0 radical (unpaired) electrons. The normalized spacial score (nSPS) is 10.5. The van der Waals surface area contributed by atoms with Crippen LogP contribution in [0.5, 0.6) is 0 Å². The number of benzene rings is 2. The van der Waals surface area contributed by atoms with Crippen LogP contribution in [0, 0.1) is 0 Å². The zero-order chi connectivity index (χ0) is 11.7. The van der Waals surface area contributed by atoms with Crippen LogP contribution in [-0.4, -0.2) is 0 Å². The van der Waals surface area contributed by atoms with Crippen molar-refractivity contribution >= 4 is 63.7 Å². The lowest BCUT2D eigenvalue weighted by Gasteiger charge is -2.08. The van der Waals surface area contributed by atoms with Gasteiger partial charge in [0, 0.05) is 17.9 Å². The third kappa shape index (κ3) is 2.61. The molecule has 0 aromatic heterocycles. The Bertz CT molecular complexity index is 535. The van der Waals surface area contributed by atoms with Gasteiger partial charge >= 0.3 is 0 Å². The standard InChI is InChI=1S/C12H6Br4/c13-7-4-5-8(11(15)6-7)9-2-1-3-10(14)12(9)16/h1-6H. The fourth-order valence-corrected chi connectivity index (χ4v) is 3.52. The lowest BCUT2D eigenvalue weighted by atomic mass is 10.1. The minimum absolute atomic E-state index is 1.06. The molecular formula is C12H6Br4. The summed E-state index contributed by atoms with van der Waals surface area (Å²) in [6.07, 6.45) is 0.